The molecule has 3 heterocycles. The minimum atomic E-state index is 0.313. The number of hydrogen-bond acceptors (Lipinski definition) is 8. The van der Waals surface area contributed by atoms with Crippen LogP contribution in [-0.2, 0) is 0 Å². The van der Waals surface area contributed by atoms with Gasteiger partial charge in [-0.2, -0.15) is 5.26 Å². The lowest BCUT2D eigenvalue weighted by Gasteiger charge is -2.23. The van der Waals surface area contributed by atoms with Gasteiger partial charge in [0.25, 0.3) is 0 Å². The maximum absolute atomic E-state index is 8.89. The molecule has 3 N–H and O–H groups in total. The Kier molecular flexibility index (Phi) is 7.20. The minimum absolute atomic E-state index is 0.313. The van der Waals surface area contributed by atoms with Crippen LogP contribution in [0, 0.1) is 18.3 Å². The van der Waals surface area contributed by atoms with Gasteiger partial charge >= 0.3 is 0 Å². The number of aromatic nitrogens is 3. The molecule has 1 aliphatic heterocycles. The zero-order valence-electron chi connectivity index (χ0n) is 20.3. The first-order valence-electron chi connectivity index (χ1n) is 12.3. The number of rotatable bonds is 8. The van der Waals surface area contributed by atoms with Crippen molar-refractivity contribution in [3.05, 3.63) is 66.5 Å². The summed E-state index contributed by atoms with van der Waals surface area (Å²) in [7, 11) is 0. The second kappa shape index (κ2) is 11.0. The van der Waals surface area contributed by atoms with E-state index in [2.05, 4.69) is 38.1 Å². The number of aryl methyl sites for hydroxylation is 1. The van der Waals surface area contributed by atoms with E-state index in [1.54, 1.807) is 12.4 Å². The van der Waals surface area contributed by atoms with Crippen LogP contribution in [0.25, 0.3) is 22.0 Å². The fraction of sp³-hybridized carbons (Fsp3) is 0.286. The van der Waals surface area contributed by atoms with Crippen molar-refractivity contribution >= 4 is 22.4 Å². The Morgan fingerprint density at radius 3 is 2.89 bits per heavy atom. The molecule has 1 atom stereocenters. The molecule has 36 heavy (non-hydrogen) atoms. The van der Waals surface area contributed by atoms with Gasteiger partial charge in [0, 0.05) is 48.0 Å². The molecule has 1 fully saturated rings. The van der Waals surface area contributed by atoms with Crippen molar-refractivity contribution < 1.29 is 4.74 Å². The number of ether oxygens (including phenoxy) is 1. The summed E-state index contributed by atoms with van der Waals surface area (Å²) in [5, 5.41) is 21.1. The topological polar surface area (TPSA) is 108 Å². The van der Waals surface area contributed by atoms with Gasteiger partial charge in [-0.05, 0) is 56.1 Å². The number of piperidine rings is 1. The monoisotopic (exact) mass is 479 g/mol. The highest BCUT2D eigenvalue weighted by Gasteiger charge is 2.17. The molecular weight excluding hydrogens is 450 g/mol. The SMILES string of the molecule is Cc1ccc2c(NCCC#N)cccc2c1Oc1ncccc1-c1ccnc(NC2CCCNC2)n1. The van der Waals surface area contributed by atoms with Crippen LogP contribution in [0.1, 0.15) is 24.8 Å². The Morgan fingerprint density at radius 2 is 2.03 bits per heavy atom. The van der Waals surface area contributed by atoms with E-state index >= 15 is 0 Å². The largest absolute Gasteiger partial charge is 0.437 e. The molecule has 182 valence electrons. The molecule has 0 spiro atoms. The lowest BCUT2D eigenvalue weighted by Crippen LogP contribution is -2.38. The standard InChI is InChI=1S/C28H29N7O/c1-19-10-11-21-22(7-2-9-24(21)31-16-5-13-29)26(19)36-27-23(8-4-15-32-27)25-12-17-33-28(35-25)34-20-6-3-14-30-18-20/h2,4,7-12,15,17,20,30-31H,3,5-6,14,16,18H2,1H3,(H,33,34,35). The van der Waals surface area contributed by atoms with Crippen molar-refractivity contribution in [3.63, 3.8) is 0 Å². The average Bonchev–Trinajstić information content (AvgIpc) is 2.91. The second-order valence-corrected chi connectivity index (χ2v) is 8.86. The summed E-state index contributed by atoms with van der Waals surface area (Å²) in [6.07, 6.45) is 6.16. The fourth-order valence-electron chi connectivity index (χ4n) is 4.48. The van der Waals surface area contributed by atoms with Crippen LogP contribution < -0.4 is 20.7 Å². The van der Waals surface area contributed by atoms with E-state index in [0.29, 0.717) is 30.8 Å². The van der Waals surface area contributed by atoms with Crippen molar-refractivity contribution in [2.75, 3.05) is 30.3 Å². The van der Waals surface area contributed by atoms with E-state index in [4.69, 9.17) is 15.0 Å². The molecule has 2 aromatic carbocycles. The van der Waals surface area contributed by atoms with Gasteiger partial charge in [-0.15, -0.1) is 0 Å². The fourth-order valence-corrected chi connectivity index (χ4v) is 4.48. The predicted octanol–water partition coefficient (Wildman–Crippen LogP) is 5.28. The van der Waals surface area contributed by atoms with Gasteiger partial charge in [0.1, 0.15) is 5.75 Å². The predicted molar refractivity (Wildman–Crippen MR) is 142 cm³/mol. The summed E-state index contributed by atoms with van der Waals surface area (Å²) in [6.45, 7) is 4.58. The number of pyridine rings is 1. The van der Waals surface area contributed by atoms with E-state index in [1.807, 2.05) is 49.4 Å². The quantitative estimate of drug-likeness (QED) is 0.293. The molecule has 0 saturated carbocycles. The number of nitrogens with one attached hydrogen (secondary N) is 3. The Balaban J connectivity index is 1.46. The molecule has 0 bridgehead atoms. The van der Waals surface area contributed by atoms with Crippen molar-refractivity contribution in [3.8, 4) is 29.0 Å². The Bertz CT molecular complexity index is 1390. The van der Waals surface area contributed by atoms with Gasteiger partial charge in [0.2, 0.25) is 11.8 Å². The van der Waals surface area contributed by atoms with Crippen LogP contribution in [-0.4, -0.2) is 40.6 Å². The molecule has 1 unspecified atom stereocenters. The van der Waals surface area contributed by atoms with E-state index in [-0.39, 0.29) is 0 Å². The Hall–Kier alpha value is -4.22. The van der Waals surface area contributed by atoms with Gasteiger partial charge in [0.15, 0.2) is 0 Å². The van der Waals surface area contributed by atoms with Crippen molar-refractivity contribution in [2.24, 2.45) is 0 Å². The average molecular weight is 480 g/mol. The lowest BCUT2D eigenvalue weighted by molar-refractivity contribution is 0.466. The van der Waals surface area contributed by atoms with Gasteiger partial charge in [-0.3, -0.25) is 0 Å². The smallest absolute Gasteiger partial charge is 0.228 e. The first-order valence-corrected chi connectivity index (χ1v) is 12.3. The first kappa shape index (κ1) is 23.5. The van der Waals surface area contributed by atoms with Crippen LogP contribution >= 0.6 is 0 Å². The number of benzene rings is 2. The van der Waals surface area contributed by atoms with Crippen LogP contribution in [0.15, 0.2) is 60.9 Å². The zero-order valence-corrected chi connectivity index (χ0v) is 20.3. The lowest BCUT2D eigenvalue weighted by atomic mass is 10.0. The molecule has 5 rings (SSSR count). The molecule has 4 aromatic rings. The van der Waals surface area contributed by atoms with Crippen LogP contribution in [0.2, 0.25) is 0 Å². The molecule has 0 amide bonds. The summed E-state index contributed by atoms with van der Waals surface area (Å²) < 4.78 is 6.50. The number of fused-ring (bicyclic) bond motifs is 1. The summed E-state index contributed by atoms with van der Waals surface area (Å²) >= 11 is 0. The maximum Gasteiger partial charge on any atom is 0.228 e. The van der Waals surface area contributed by atoms with Gasteiger partial charge < -0.3 is 20.7 Å². The van der Waals surface area contributed by atoms with Crippen LogP contribution in [0.4, 0.5) is 11.6 Å². The number of nitriles is 1. The molecule has 1 aliphatic rings. The van der Waals surface area contributed by atoms with Gasteiger partial charge in [-0.25, -0.2) is 15.0 Å². The highest BCUT2D eigenvalue weighted by molar-refractivity contribution is 5.98. The molecule has 2 aromatic heterocycles. The van der Waals surface area contributed by atoms with Crippen molar-refractivity contribution in [2.45, 2.75) is 32.2 Å². The van der Waals surface area contributed by atoms with Crippen LogP contribution in [0.3, 0.4) is 0 Å². The van der Waals surface area contributed by atoms with E-state index in [1.165, 1.54) is 0 Å². The third-order valence-electron chi connectivity index (χ3n) is 6.29. The third-order valence-corrected chi connectivity index (χ3v) is 6.29. The first-order chi connectivity index (χ1) is 17.7. The maximum atomic E-state index is 8.89. The number of nitrogens with zero attached hydrogens (tertiary/aromatic N) is 4. The Morgan fingerprint density at radius 1 is 1.08 bits per heavy atom. The van der Waals surface area contributed by atoms with Crippen molar-refractivity contribution in [1.29, 1.82) is 5.26 Å². The van der Waals surface area contributed by atoms with Crippen LogP contribution in [0.5, 0.6) is 11.6 Å². The highest BCUT2D eigenvalue weighted by atomic mass is 16.5. The summed E-state index contributed by atoms with van der Waals surface area (Å²) in [5.41, 5.74) is 3.52. The van der Waals surface area contributed by atoms with E-state index in [9.17, 15) is 0 Å². The molecule has 0 radical (unpaired) electrons. The molecular formula is C28H29N7O. The number of anilines is 2. The second-order valence-electron chi connectivity index (χ2n) is 8.86. The molecule has 1 saturated heterocycles. The normalized spacial score (nSPS) is 15.3. The van der Waals surface area contributed by atoms with Gasteiger partial charge in [0.05, 0.1) is 23.7 Å². The van der Waals surface area contributed by atoms with E-state index in [0.717, 1.165) is 65.0 Å². The third kappa shape index (κ3) is 5.21. The summed E-state index contributed by atoms with van der Waals surface area (Å²) in [4.78, 5) is 13.8. The number of hydrogen-bond donors (Lipinski definition) is 3. The zero-order chi connectivity index (χ0) is 24.7. The summed E-state index contributed by atoms with van der Waals surface area (Å²) in [5.74, 6) is 1.84. The van der Waals surface area contributed by atoms with Crippen molar-refractivity contribution in [1.82, 2.24) is 20.3 Å². The molecule has 0 aliphatic carbocycles. The minimum Gasteiger partial charge on any atom is -0.437 e. The van der Waals surface area contributed by atoms with Gasteiger partial charge in [-0.1, -0.05) is 24.3 Å². The molecule has 8 heteroatoms. The van der Waals surface area contributed by atoms with E-state index < -0.39 is 0 Å². The molecule has 8 nitrogen and oxygen atoms in total. The Labute approximate surface area is 210 Å². The summed E-state index contributed by atoms with van der Waals surface area (Å²) in [6, 6.07) is 18.4. The highest BCUT2D eigenvalue weighted by Crippen LogP contribution is 2.38.